The molecule has 3 aromatic rings. The van der Waals surface area contributed by atoms with Gasteiger partial charge < -0.3 is 15.4 Å². The summed E-state index contributed by atoms with van der Waals surface area (Å²) >= 11 is 5.84. The summed E-state index contributed by atoms with van der Waals surface area (Å²) in [7, 11) is 1.33. The van der Waals surface area contributed by atoms with Gasteiger partial charge in [0.1, 0.15) is 11.5 Å². The number of anilines is 2. The molecule has 0 saturated heterocycles. The summed E-state index contributed by atoms with van der Waals surface area (Å²) in [6.07, 6.45) is 2.85. The molecule has 1 aromatic heterocycles. The second kappa shape index (κ2) is 8.96. The molecule has 2 N–H and O–H groups in total. The first-order valence-electron chi connectivity index (χ1n) is 8.35. The number of ether oxygens (including phenoxy) is 1. The van der Waals surface area contributed by atoms with Gasteiger partial charge in [-0.2, -0.15) is 0 Å². The Kier molecular flexibility index (Phi) is 6.18. The molecule has 7 nitrogen and oxygen atoms in total. The van der Waals surface area contributed by atoms with E-state index in [4.69, 9.17) is 11.6 Å². The Balaban J connectivity index is 1.57. The smallest absolute Gasteiger partial charge is 0.337 e. The van der Waals surface area contributed by atoms with Crippen molar-refractivity contribution in [1.29, 1.82) is 0 Å². The lowest BCUT2D eigenvalue weighted by Crippen LogP contribution is -2.24. The molecule has 0 atom stereocenters. The Labute approximate surface area is 166 Å². The van der Waals surface area contributed by atoms with E-state index in [1.54, 1.807) is 36.4 Å². The van der Waals surface area contributed by atoms with Gasteiger partial charge in [-0.3, -0.25) is 4.79 Å². The maximum atomic E-state index is 12.2. The minimum atomic E-state index is -0.402. The highest BCUT2D eigenvalue weighted by atomic mass is 35.5. The largest absolute Gasteiger partial charge is 0.465 e. The van der Waals surface area contributed by atoms with E-state index in [1.165, 1.54) is 19.5 Å². The summed E-state index contributed by atoms with van der Waals surface area (Å²) in [4.78, 5) is 31.9. The van der Waals surface area contributed by atoms with Gasteiger partial charge in [0.05, 0.1) is 25.1 Å². The third-order valence-electron chi connectivity index (χ3n) is 3.83. The highest BCUT2D eigenvalue weighted by molar-refractivity contribution is 6.30. The average Bonchev–Trinajstić information content (AvgIpc) is 2.73. The molecular weight excluding hydrogens is 380 g/mol. The standard InChI is InChI=1S/C20H17ClN4O3/c1-28-20(27)14-4-8-16(9-5-14)25-18-12-22-17(11-23-18)19(26)24-10-13-2-6-15(21)7-3-13/h2-9,11-12H,10H2,1H3,(H,23,25)(H,24,26). The molecule has 1 amide bonds. The van der Waals surface area contributed by atoms with Crippen LogP contribution < -0.4 is 10.6 Å². The SMILES string of the molecule is COC(=O)c1ccc(Nc2cnc(C(=O)NCc3ccc(Cl)cc3)cn2)cc1. The summed E-state index contributed by atoms with van der Waals surface area (Å²) in [5, 5.41) is 6.47. The molecule has 28 heavy (non-hydrogen) atoms. The number of nitrogens with one attached hydrogen (secondary N) is 2. The first-order valence-corrected chi connectivity index (χ1v) is 8.73. The van der Waals surface area contributed by atoms with Crippen LogP contribution in [0.25, 0.3) is 0 Å². The summed E-state index contributed by atoms with van der Waals surface area (Å²) in [5.41, 5.74) is 2.31. The number of halogens is 1. The van der Waals surface area contributed by atoms with E-state index in [1.807, 2.05) is 12.1 Å². The molecule has 0 aliphatic rings. The zero-order chi connectivity index (χ0) is 19.9. The van der Waals surface area contributed by atoms with Gasteiger partial charge in [0.25, 0.3) is 5.91 Å². The summed E-state index contributed by atoms with van der Waals surface area (Å²) < 4.78 is 4.66. The Morgan fingerprint density at radius 2 is 1.71 bits per heavy atom. The number of carbonyl (C=O) groups is 2. The van der Waals surface area contributed by atoms with Crippen molar-refractivity contribution >= 4 is 35.0 Å². The number of carbonyl (C=O) groups excluding carboxylic acids is 2. The number of rotatable bonds is 6. The summed E-state index contributed by atoms with van der Waals surface area (Å²) in [5.74, 6) is -0.253. The molecule has 1 heterocycles. The van der Waals surface area contributed by atoms with Crippen LogP contribution >= 0.6 is 11.6 Å². The van der Waals surface area contributed by atoms with Gasteiger partial charge in [-0.1, -0.05) is 23.7 Å². The number of methoxy groups -OCH3 is 1. The Hall–Kier alpha value is -3.45. The minimum Gasteiger partial charge on any atom is -0.465 e. The lowest BCUT2D eigenvalue weighted by molar-refractivity contribution is 0.0600. The first kappa shape index (κ1) is 19.3. The maximum Gasteiger partial charge on any atom is 0.337 e. The van der Waals surface area contributed by atoms with E-state index in [-0.39, 0.29) is 11.6 Å². The topological polar surface area (TPSA) is 93.2 Å². The fourth-order valence-electron chi connectivity index (χ4n) is 2.34. The second-order valence-electron chi connectivity index (χ2n) is 5.79. The van der Waals surface area contributed by atoms with Gasteiger partial charge in [0.15, 0.2) is 0 Å². The molecule has 0 aliphatic carbocycles. The van der Waals surface area contributed by atoms with Crippen LogP contribution in [-0.4, -0.2) is 29.0 Å². The van der Waals surface area contributed by atoms with Crippen molar-refractivity contribution in [2.75, 3.05) is 12.4 Å². The normalized spacial score (nSPS) is 10.2. The molecule has 0 spiro atoms. The predicted octanol–water partition coefficient (Wildman–Crippen LogP) is 3.59. The first-order chi connectivity index (χ1) is 13.5. The zero-order valence-corrected chi connectivity index (χ0v) is 15.7. The fraction of sp³-hybridized carbons (Fsp3) is 0.100. The van der Waals surface area contributed by atoms with Crippen molar-refractivity contribution in [3.8, 4) is 0 Å². The van der Waals surface area contributed by atoms with Gasteiger partial charge in [0.2, 0.25) is 0 Å². The third kappa shape index (κ3) is 5.05. The van der Waals surface area contributed by atoms with E-state index in [0.717, 1.165) is 11.3 Å². The minimum absolute atomic E-state index is 0.209. The molecule has 0 saturated carbocycles. The number of esters is 1. The predicted molar refractivity (Wildman–Crippen MR) is 106 cm³/mol. The number of hydrogen-bond acceptors (Lipinski definition) is 6. The third-order valence-corrected chi connectivity index (χ3v) is 4.08. The molecule has 2 aromatic carbocycles. The average molecular weight is 397 g/mol. The lowest BCUT2D eigenvalue weighted by atomic mass is 10.2. The van der Waals surface area contributed by atoms with Crippen molar-refractivity contribution in [2.24, 2.45) is 0 Å². The molecule has 0 unspecified atom stereocenters. The number of benzene rings is 2. The number of hydrogen-bond donors (Lipinski definition) is 2. The van der Waals surface area contributed by atoms with E-state index < -0.39 is 5.97 Å². The van der Waals surface area contributed by atoms with Gasteiger partial charge in [0, 0.05) is 17.3 Å². The van der Waals surface area contributed by atoms with Crippen LogP contribution in [0.5, 0.6) is 0 Å². The molecule has 142 valence electrons. The van der Waals surface area contributed by atoms with Crippen LogP contribution in [0.4, 0.5) is 11.5 Å². The molecule has 0 fully saturated rings. The molecule has 3 rings (SSSR count). The van der Waals surface area contributed by atoms with Crippen LogP contribution in [0.1, 0.15) is 26.4 Å². The quantitative estimate of drug-likeness (QED) is 0.618. The van der Waals surface area contributed by atoms with Gasteiger partial charge in [-0.25, -0.2) is 14.8 Å². The lowest BCUT2D eigenvalue weighted by Gasteiger charge is -2.08. The van der Waals surface area contributed by atoms with Crippen molar-refractivity contribution in [3.63, 3.8) is 0 Å². The van der Waals surface area contributed by atoms with Crippen molar-refractivity contribution in [2.45, 2.75) is 6.54 Å². The molecular formula is C20H17ClN4O3. The van der Waals surface area contributed by atoms with Crippen molar-refractivity contribution in [3.05, 3.63) is 82.8 Å². The maximum absolute atomic E-state index is 12.2. The van der Waals surface area contributed by atoms with Gasteiger partial charge in [-0.15, -0.1) is 0 Å². The van der Waals surface area contributed by atoms with E-state index in [2.05, 4.69) is 25.3 Å². The molecule has 8 heteroatoms. The summed E-state index contributed by atoms with van der Waals surface area (Å²) in [6.45, 7) is 0.365. The molecule has 0 aliphatic heterocycles. The van der Waals surface area contributed by atoms with E-state index >= 15 is 0 Å². The van der Waals surface area contributed by atoms with Crippen LogP contribution in [-0.2, 0) is 11.3 Å². The Bertz CT molecular complexity index is 958. The number of amides is 1. The van der Waals surface area contributed by atoms with Crippen LogP contribution in [0.3, 0.4) is 0 Å². The second-order valence-corrected chi connectivity index (χ2v) is 6.23. The Morgan fingerprint density at radius 1 is 1.00 bits per heavy atom. The van der Waals surface area contributed by atoms with Crippen LogP contribution in [0, 0.1) is 0 Å². The van der Waals surface area contributed by atoms with Crippen molar-refractivity contribution in [1.82, 2.24) is 15.3 Å². The zero-order valence-electron chi connectivity index (χ0n) is 15.0. The highest BCUT2D eigenvalue weighted by Gasteiger charge is 2.09. The monoisotopic (exact) mass is 396 g/mol. The van der Waals surface area contributed by atoms with Crippen LogP contribution in [0.2, 0.25) is 5.02 Å². The molecule has 0 radical (unpaired) electrons. The number of nitrogens with zero attached hydrogens (tertiary/aromatic N) is 2. The van der Waals surface area contributed by atoms with Crippen molar-refractivity contribution < 1.29 is 14.3 Å². The van der Waals surface area contributed by atoms with Gasteiger partial charge >= 0.3 is 5.97 Å². The fourth-order valence-corrected chi connectivity index (χ4v) is 2.47. The van der Waals surface area contributed by atoms with Gasteiger partial charge in [-0.05, 0) is 42.0 Å². The Morgan fingerprint density at radius 3 is 2.32 bits per heavy atom. The van der Waals surface area contributed by atoms with Crippen LogP contribution in [0.15, 0.2) is 60.9 Å². The van der Waals surface area contributed by atoms with E-state index in [0.29, 0.717) is 22.9 Å². The summed E-state index contributed by atoms with van der Waals surface area (Å²) in [6, 6.07) is 13.9. The highest BCUT2D eigenvalue weighted by Crippen LogP contribution is 2.15. The number of aromatic nitrogens is 2. The molecule has 0 bridgehead atoms. The van der Waals surface area contributed by atoms with E-state index in [9.17, 15) is 9.59 Å².